The Morgan fingerprint density at radius 3 is 2.47 bits per heavy atom. The van der Waals surface area contributed by atoms with Gasteiger partial charge in [0.2, 0.25) is 5.69 Å². The number of methoxy groups -OCH3 is 2. The van der Waals surface area contributed by atoms with Crippen LogP contribution in [0.25, 0.3) is 33.1 Å². The number of aromatic nitrogens is 2. The van der Waals surface area contributed by atoms with Gasteiger partial charge in [0.05, 0.1) is 19.8 Å². The number of ether oxygens (including phenoxy) is 2. The minimum Gasteiger partial charge on any atom is -1.00 e. The molecule has 0 aliphatic carbocycles. The van der Waals surface area contributed by atoms with Crippen molar-refractivity contribution in [3.8, 4) is 17.0 Å². The Hall–Kier alpha value is -3.71. The lowest BCUT2D eigenvalue weighted by Gasteiger charge is -2.07. The molecule has 0 bridgehead atoms. The number of H-pyrrole nitrogens is 1. The molecule has 0 radical (unpaired) electrons. The highest BCUT2D eigenvalue weighted by Gasteiger charge is 2.22. The van der Waals surface area contributed by atoms with Crippen LogP contribution in [0.15, 0.2) is 79.0 Å². The fraction of sp³-hybridized carbons (Fsp3) is 0.111. The van der Waals surface area contributed by atoms with Crippen molar-refractivity contribution in [2.24, 2.45) is 0 Å². The number of carbonyl (C=O) groups is 1. The van der Waals surface area contributed by atoms with Crippen LogP contribution < -0.4 is 26.3 Å². The monoisotopic (exact) mass is 520 g/mol. The average Bonchev–Trinajstić information content (AvgIpc) is 3.21. The average molecular weight is 521 g/mol. The zero-order chi connectivity index (χ0) is 22.9. The Morgan fingerprint density at radius 2 is 1.76 bits per heavy atom. The summed E-state index contributed by atoms with van der Waals surface area (Å²) >= 11 is 0. The van der Waals surface area contributed by atoms with Gasteiger partial charge in [0, 0.05) is 33.5 Å². The van der Waals surface area contributed by atoms with Gasteiger partial charge >= 0.3 is 5.97 Å². The highest BCUT2D eigenvalue weighted by Crippen LogP contribution is 2.33. The summed E-state index contributed by atoms with van der Waals surface area (Å²) in [7, 11) is 3.01. The quantitative estimate of drug-likeness (QED) is 0.285. The molecule has 0 amide bonds. The van der Waals surface area contributed by atoms with Crippen molar-refractivity contribution in [3.63, 3.8) is 0 Å². The molecule has 5 rings (SSSR count). The Bertz CT molecular complexity index is 1500. The molecule has 34 heavy (non-hydrogen) atoms. The number of pyridine rings is 1. The van der Waals surface area contributed by atoms with Crippen molar-refractivity contribution in [1.82, 2.24) is 4.98 Å². The first-order valence-corrected chi connectivity index (χ1v) is 10.5. The van der Waals surface area contributed by atoms with Crippen molar-refractivity contribution in [2.45, 2.75) is 6.54 Å². The molecule has 0 aliphatic rings. The van der Waals surface area contributed by atoms with Crippen LogP contribution in [0.5, 0.6) is 5.75 Å². The Balaban J connectivity index is 0.00000274. The smallest absolute Gasteiger partial charge is 0.337 e. The van der Waals surface area contributed by atoms with E-state index >= 15 is 0 Å². The van der Waals surface area contributed by atoms with Crippen molar-refractivity contribution in [2.75, 3.05) is 14.2 Å². The zero-order valence-corrected chi connectivity index (χ0v) is 20.2. The van der Waals surface area contributed by atoms with Gasteiger partial charge in [-0.1, -0.05) is 12.1 Å². The molecule has 0 unspecified atom stereocenters. The molecule has 0 saturated heterocycles. The zero-order valence-electron chi connectivity index (χ0n) is 18.6. The summed E-state index contributed by atoms with van der Waals surface area (Å²) in [6.45, 7) is 0.487. The minimum atomic E-state index is -0.384. The summed E-state index contributed by atoms with van der Waals surface area (Å²) in [6.07, 6.45) is 2.00. The highest BCUT2D eigenvalue weighted by atomic mass is 79.9. The van der Waals surface area contributed by atoms with E-state index in [-0.39, 0.29) is 28.8 Å². The third-order valence-corrected chi connectivity index (χ3v) is 5.81. The van der Waals surface area contributed by atoms with E-state index in [9.17, 15) is 9.18 Å². The molecular weight excluding hydrogens is 499 g/mol. The predicted molar refractivity (Wildman–Crippen MR) is 125 cm³/mol. The molecular formula is C27H22BrFN2O3. The summed E-state index contributed by atoms with van der Waals surface area (Å²) in [5, 5.41) is 2.10. The van der Waals surface area contributed by atoms with Crippen LogP contribution in [-0.4, -0.2) is 25.2 Å². The van der Waals surface area contributed by atoms with Gasteiger partial charge in [-0.3, -0.25) is 0 Å². The third-order valence-electron chi connectivity index (χ3n) is 5.81. The van der Waals surface area contributed by atoms with Gasteiger partial charge in [0.25, 0.3) is 0 Å². The molecule has 0 spiro atoms. The fourth-order valence-corrected chi connectivity index (χ4v) is 4.22. The maximum absolute atomic E-state index is 13.8. The summed E-state index contributed by atoms with van der Waals surface area (Å²) in [5.74, 6) is 0.129. The maximum atomic E-state index is 13.8. The van der Waals surface area contributed by atoms with Crippen molar-refractivity contribution < 1.29 is 40.2 Å². The lowest BCUT2D eigenvalue weighted by atomic mass is 10.0. The normalized spacial score (nSPS) is 10.8. The maximum Gasteiger partial charge on any atom is 0.337 e. The number of nitrogens with zero attached hydrogens (tertiary/aromatic N) is 1. The van der Waals surface area contributed by atoms with E-state index in [1.165, 1.54) is 19.2 Å². The van der Waals surface area contributed by atoms with Gasteiger partial charge in [0.1, 0.15) is 17.1 Å². The van der Waals surface area contributed by atoms with E-state index in [0.29, 0.717) is 12.1 Å². The number of halogens is 2. The highest BCUT2D eigenvalue weighted by molar-refractivity contribution is 6.10. The number of rotatable bonds is 5. The van der Waals surface area contributed by atoms with E-state index in [1.54, 1.807) is 25.3 Å². The number of nitrogens with one attached hydrogen (secondary N) is 1. The Kier molecular flexibility index (Phi) is 6.65. The van der Waals surface area contributed by atoms with E-state index in [4.69, 9.17) is 9.47 Å². The molecule has 1 N–H and O–H groups in total. The van der Waals surface area contributed by atoms with Gasteiger partial charge in [0.15, 0.2) is 12.7 Å². The van der Waals surface area contributed by atoms with Crippen LogP contribution in [-0.2, 0) is 11.3 Å². The largest absolute Gasteiger partial charge is 1.00 e. The van der Waals surface area contributed by atoms with Gasteiger partial charge in [-0.15, -0.1) is 0 Å². The number of hydrogen-bond acceptors (Lipinski definition) is 3. The van der Waals surface area contributed by atoms with Gasteiger partial charge in [-0.2, -0.15) is 4.57 Å². The molecule has 3 aromatic carbocycles. The standard InChI is InChI=1S/C27H21FN2O3.BrH/c1-32-21-10-11-24-23(15-21)22-12-13-30(16-17-4-3-5-20(28)14-17)26(25(22)29-24)18-6-8-19(9-7-18)27(31)33-2;/h3-15H,16H2,1-2H3;1H. The number of fused-ring (bicyclic) bond motifs is 3. The second-order valence-electron chi connectivity index (χ2n) is 7.82. The Labute approximate surface area is 206 Å². The molecule has 5 aromatic rings. The van der Waals surface area contributed by atoms with E-state index < -0.39 is 0 Å². The lowest BCUT2D eigenvalue weighted by molar-refractivity contribution is -0.676. The summed E-state index contributed by atoms with van der Waals surface area (Å²) in [4.78, 5) is 15.5. The molecule has 2 aromatic heterocycles. The number of aromatic amines is 1. The summed E-state index contributed by atoms with van der Waals surface area (Å²) in [6, 6.07) is 21.9. The van der Waals surface area contributed by atoms with Crippen LogP contribution in [0.1, 0.15) is 15.9 Å². The third kappa shape index (κ3) is 4.26. The predicted octanol–water partition coefficient (Wildman–Crippen LogP) is 2.26. The molecule has 2 heterocycles. The van der Waals surface area contributed by atoms with Crippen LogP contribution >= 0.6 is 0 Å². The van der Waals surface area contributed by atoms with E-state index in [1.807, 2.05) is 42.6 Å². The van der Waals surface area contributed by atoms with Gasteiger partial charge in [-0.25, -0.2) is 9.18 Å². The van der Waals surface area contributed by atoms with E-state index in [2.05, 4.69) is 15.6 Å². The van der Waals surface area contributed by atoms with Crippen molar-refractivity contribution in [3.05, 3.63) is 95.9 Å². The van der Waals surface area contributed by atoms with E-state index in [0.717, 1.165) is 44.4 Å². The van der Waals surface area contributed by atoms with Crippen LogP contribution in [0.4, 0.5) is 4.39 Å². The molecule has 0 fully saturated rings. The molecule has 0 aliphatic heterocycles. The molecule has 5 nitrogen and oxygen atoms in total. The molecule has 0 atom stereocenters. The van der Waals surface area contributed by atoms with Gasteiger partial charge < -0.3 is 31.4 Å². The minimum absolute atomic E-state index is 0. The lowest BCUT2D eigenvalue weighted by Crippen LogP contribution is -3.00. The van der Waals surface area contributed by atoms with Crippen LogP contribution in [0.2, 0.25) is 0 Å². The second-order valence-corrected chi connectivity index (χ2v) is 7.82. The van der Waals surface area contributed by atoms with Gasteiger partial charge in [-0.05, 0) is 54.6 Å². The molecule has 0 saturated carbocycles. The van der Waals surface area contributed by atoms with Crippen LogP contribution in [0.3, 0.4) is 0 Å². The number of benzene rings is 3. The number of hydrogen-bond donors (Lipinski definition) is 1. The molecule has 172 valence electrons. The Morgan fingerprint density at radius 1 is 0.971 bits per heavy atom. The second kappa shape index (κ2) is 9.65. The van der Waals surface area contributed by atoms with Crippen molar-refractivity contribution >= 4 is 27.8 Å². The summed E-state index contributed by atoms with van der Waals surface area (Å²) in [5.41, 5.74) is 5.12. The number of carbonyl (C=O) groups excluding carboxylic acids is 1. The topological polar surface area (TPSA) is 55.2 Å². The number of esters is 1. The summed E-state index contributed by atoms with van der Waals surface area (Å²) < 4.78 is 26.2. The van der Waals surface area contributed by atoms with Crippen molar-refractivity contribution in [1.29, 1.82) is 0 Å². The molecule has 7 heteroatoms. The first-order valence-electron chi connectivity index (χ1n) is 10.5. The first-order chi connectivity index (χ1) is 16.1. The fourth-order valence-electron chi connectivity index (χ4n) is 4.22. The first kappa shape index (κ1) is 23.4. The van der Waals surface area contributed by atoms with Crippen LogP contribution in [0, 0.1) is 5.82 Å². The SMILES string of the molecule is COC(=O)c1ccc(-c2c3[nH]c4ccc(OC)cc4c3cc[n+]2Cc2cccc(F)c2)cc1.[Br-].